The Morgan fingerprint density at radius 1 is 1.08 bits per heavy atom. The molecule has 0 fully saturated rings. The molecular weight excluding hydrogens is 374 g/mol. The van der Waals surface area contributed by atoms with Gasteiger partial charge in [0.2, 0.25) is 0 Å². The Kier molecular flexibility index (Phi) is 11.4. The Balaban J connectivity index is 0. The van der Waals surface area contributed by atoms with Gasteiger partial charge in [0, 0.05) is 0 Å². The first-order chi connectivity index (χ1) is 4.93. The van der Waals surface area contributed by atoms with Gasteiger partial charge < -0.3 is 0 Å². The first-order valence-corrected chi connectivity index (χ1v) is 4.77. The van der Waals surface area contributed by atoms with E-state index in [4.69, 9.17) is 0 Å². The first kappa shape index (κ1) is 14.7. The molecule has 0 aliphatic heterocycles. The van der Waals surface area contributed by atoms with Gasteiger partial charge in [-0.05, 0) is 0 Å². The van der Waals surface area contributed by atoms with E-state index in [9.17, 15) is 0 Å². The molecule has 0 bridgehead atoms. The van der Waals surface area contributed by atoms with Gasteiger partial charge in [-0.3, -0.25) is 0 Å². The van der Waals surface area contributed by atoms with Crippen molar-refractivity contribution in [2.45, 2.75) is 4.81 Å². The SMILES string of the molecule is Cl.Cl.[Pt][CH2]C=Cc1ccccc1. The van der Waals surface area contributed by atoms with Crippen molar-refractivity contribution in [3.05, 3.63) is 42.0 Å². The first-order valence-electron chi connectivity index (χ1n) is 3.16. The number of hydrogen-bond acceptors (Lipinski definition) is 0. The molecule has 0 spiro atoms. The molecule has 1 aromatic carbocycles. The predicted octanol–water partition coefficient (Wildman–Crippen LogP) is 3.51. The second-order valence-corrected chi connectivity index (χ2v) is 2.87. The van der Waals surface area contributed by atoms with E-state index >= 15 is 0 Å². The predicted molar refractivity (Wildman–Crippen MR) is 54.8 cm³/mol. The van der Waals surface area contributed by atoms with Crippen LogP contribution in [0.15, 0.2) is 36.4 Å². The fourth-order valence-electron chi connectivity index (χ4n) is 0.738. The van der Waals surface area contributed by atoms with E-state index in [-0.39, 0.29) is 24.8 Å². The van der Waals surface area contributed by atoms with Crippen LogP contribution < -0.4 is 0 Å². The number of halogens is 2. The maximum atomic E-state index is 2.31. The molecular formula is C9H11Cl2Pt. The van der Waals surface area contributed by atoms with Crippen LogP contribution in [0.1, 0.15) is 5.56 Å². The van der Waals surface area contributed by atoms with E-state index in [0.717, 1.165) is 4.81 Å². The molecule has 0 saturated heterocycles. The summed E-state index contributed by atoms with van der Waals surface area (Å²) >= 11 is 2.31. The van der Waals surface area contributed by atoms with Crippen molar-refractivity contribution in [1.82, 2.24) is 0 Å². The van der Waals surface area contributed by atoms with Crippen molar-refractivity contribution in [2.75, 3.05) is 0 Å². The number of hydrogen-bond donors (Lipinski definition) is 0. The van der Waals surface area contributed by atoms with Crippen LogP contribution in [0.4, 0.5) is 0 Å². The Hall–Kier alpha value is 0.228. The summed E-state index contributed by atoms with van der Waals surface area (Å²) in [6, 6.07) is 10.3. The third kappa shape index (κ3) is 5.83. The van der Waals surface area contributed by atoms with Crippen molar-refractivity contribution in [3.8, 4) is 0 Å². The molecule has 0 aliphatic carbocycles. The van der Waals surface area contributed by atoms with E-state index in [1.54, 1.807) is 0 Å². The van der Waals surface area contributed by atoms with Crippen LogP contribution in [0.2, 0.25) is 4.81 Å². The monoisotopic (exact) mass is 384 g/mol. The van der Waals surface area contributed by atoms with Crippen molar-refractivity contribution in [1.29, 1.82) is 0 Å². The van der Waals surface area contributed by atoms with Gasteiger partial charge in [-0.2, -0.15) is 0 Å². The average molecular weight is 385 g/mol. The van der Waals surface area contributed by atoms with Gasteiger partial charge in [0.15, 0.2) is 0 Å². The van der Waals surface area contributed by atoms with Gasteiger partial charge in [0.05, 0.1) is 0 Å². The van der Waals surface area contributed by atoms with Gasteiger partial charge in [-0.15, -0.1) is 24.8 Å². The molecule has 0 nitrogen and oxygen atoms in total. The topological polar surface area (TPSA) is 0 Å². The summed E-state index contributed by atoms with van der Waals surface area (Å²) in [7, 11) is 0. The summed E-state index contributed by atoms with van der Waals surface area (Å²) in [6.45, 7) is 0. The van der Waals surface area contributed by atoms with Crippen molar-refractivity contribution in [2.24, 2.45) is 0 Å². The van der Waals surface area contributed by atoms with Crippen molar-refractivity contribution < 1.29 is 19.8 Å². The Morgan fingerprint density at radius 2 is 1.67 bits per heavy atom. The van der Waals surface area contributed by atoms with Crippen LogP contribution in [0.25, 0.3) is 6.08 Å². The van der Waals surface area contributed by atoms with Crippen LogP contribution in [0.5, 0.6) is 0 Å². The van der Waals surface area contributed by atoms with Crippen LogP contribution in [-0.4, -0.2) is 0 Å². The summed E-state index contributed by atoms with van der Waals surface area (Å²) in [5.41, 5.74) is 1.28. The Morgan fingerprint density at radius 3 is 2.17 bits per heavy atom. The second-order valence-electron chi connectivity index (χ2n) is 1.94. The number of rotatable bonds is 2. The molecule has 3 heteroatoms. The van der Waals surface area contributed by atoms with E-state index in [1.165, 1.54) is 5.56 Å². The summed E-state index contributed by atoms with van der Waals surface area (Å²) in [5, 5.41) is 0. The molecule has 0 aliphatic rings. The third-order valence-electron chi connectivity index (χ3n) is 1.18. The van der Waals surface area contributed by atoms with Crippen LogP contribution in [-0.2, 0) is 19.8 Å². The summed E-state index contributed by atoms with van der Waals surface area (Å²) < 4.78 is 0. The summed E-state index contributed by atoms with van der Waals surface area (Å²) in [4.78, 5) is 1.08. The van der Waals surface area contributed by atoms with Crippen LogP contribution in [0, 0.1) is 0 Å². The van der Waals surface area contributed by atoms with Gasteiger partial charge in [0.25, 0.3) is 0 Å². The molecule has 71 valence electrons. The number of allylic oxidation sites excluding steroid dienone is 1. The van der Waals surface area contributed by atoms with E-state index in [2.05, 4.69) is 44.1 Å². The van der Waals surface area contributed by atoms with Gasteiger partial charge >= 0.3 is 72.7 Å². The zero-order valence-corrected chi connectivity index (χ0v) is 10.3. The molecule has 12 heavy (non-hydrogen) atoms. The molecule has 0 heterocycles. The van der Waals surface area contributed by atoms with Gasteiger partial charge in [-0.25, -0.2) is 0 Å². The standard InChI is InChI=1S/C9H9.2ClH.Pt/c1-2-6-9-7-4-3-5-8-9;;;/h2-8H,1H2;2*1H;. The van der Waals surface area contributed by atoms with Crippen molar-refractivity contribution in [3.63, 3.8) is 0 Å². The molecule has 0 aromatic heterocycles. The average Bonchev–Trinajstić information content (AvgIpc) is 2.03. The molecule has 0 unspecified atom stereocenters. The van der Waals surface area contributed by atoms with E-state index < -0.39 is 0 Å². The normalized spacial score (nSPS) is 8.83. The fraction of sp³-hybridized carbons (Fsp3) is 0.111. The molecule has 1 aromatic rings. The van der Waals surface area contributed by atoms with Gasteiger partial charge in [0.1, 0.15) is 0 Å². The van der Waals surface area contributed by atoms with Crippen molar-refractivity contribution >= 4 is 30.9 Å². The zero-order valence-electron chi connectivity index (χ0n) is 6.38. The van der Waals surface area contributed by atoms with Crippen LogP contribution in [0.3, 0.4) is 0 Å². The zero-order chi connectivity index (χ0) is 7.23. The molecule has 0 atom stereocenters. The third-order valence-corrected chi connectivity index (χ3v) is 1.72. The van der Waals surface area contributed by atoms with Gasteiger partial charge in [-0.1, -0.05) is 0 Å². The maximum absolute atomic E-state index is 2.31. The molecule has 0 amide bonds. The Bertz CT molecular complexity index is 209. The number of benzene rings is 1. The Labute approximate surface area is 97.2 Å². The van der Waals surface area contributed by atoms with E-state index in [0.29, 0.717) is 0 Å². The molecule has 0 N–H and O–H groups in total. The molecule has 1 rings (SSSR count). The minimum absolute atomic E-state index is 0. The fourth-order valence-corrected chi connectivity index (χ4v) is 1.01. The van der Waals surface area contributed by atoms with E-state index in [1.807, 2.05) is 18.2 Å². The summed E-state index contributed by atoms with van der Waals surface area (Å²) in [6.07, 6.45) is 4.28. The van der Waals surface area contributed by atoms with Crippen LogP contribution >= 0.6 is 24.8 Å². The second kappa shape index (κ2) is 9.32. The molecule has 0 radical (unpaired) electrons. The minimum atomic E-state index is 0. The summed E-state index contributed by atoms with van der Waals surface area (Å²) in [5.74, 6) is 0. The molecule has 0 saturated carbocycles. The quantitative estimate of drug-likeness (QED) is 0.731.